The number of hydrogen-bond donors (Lipinski definition) is 1. The molecule has 1 N–H and O–H groups in total. The second-order valence-electron chi connectivity index (χ2n) is 7.21. The van der Waals surface area contributed by atoms with Crippen LogP contribution < -0.4 is 10.2 Å². The van der Waals surface area contributed by atoms with Gasteiger partial charge in [0, 0.05) is 49.8 Å². The van der Waals surface area contributed by atoms with E-state index in [1.807, 2.05) is 29.2 Å². The summed E-state index contributed by atoms with van der Waals surface area (Å²) in [7, 11) is 0. The molecule has 1 aliphatic heterocycles. The first-order chi connectivity index (χ1) is 14.6. The van der Waals surface area contributed by atoms with E-state index in [0.29, 0.717) is 32.6 Å². The fourth-order valence-electron chi connectivity index (χ4n) is 3.48. The van der Waals surface area contributed by atoms with Gasteiger partial charge in [0.2, 0.25) is 5.13 Å². The van der Waals surface area contributed by atoms with Gasteiger partial charge in [-0.3, -0.25) is 0 Å². The number of rotatable bonds is 5. The number of aromatic nitrogens is 2. The first-order valence-corrected chi connectivity index (χ1v) is 10.9. The molecule has 8 heteroatoms. The summed E-state index contributed by atoms with van der Waals surface area (Å²) in [6.07, 6.45) is 1.46. The fourth-order valence-corrected chi connectivity index (χ4v) is 4.21. The Hall–Kier alpha value is -3.00. The topological polar surface area (TPSA) is 61.4 Å². The van der Waals surface area contributed by atoms with Gasteiger partial charge >= 0.3 is 6.03 Å². The molecule has 2 amide bonds. The maximum atomic E-state index is 13.1. The van der Waals surface area contributed by atoms with E-state index in [4.69, 9.17) is 0 Å². The quantitative estimate of drug-likeness (QED) is 0.666. The summed E-state index contributed by atoms with van der Waals surface area (Å²) in [5.41, 5.74) is 2.99. The number of hydrogen-bond acceptors (Lipinski definition) is 5. The predicted molar refractivity (Wildman–Crippen MR) is 118 cm³/mol. The van der Waals surface area contributed by atoms with Crippen molar-refractivity contribution < 1.29 is 9.18 Å². The van der Waals surface area contributed by atoms with Crippen molar-refractivity contribution in [2.45, 2.75) is 19.8 Å². The summed E-state index contributed by atoms with van der Waals surface area (Å²) in [4.78, 5) is 21.3. The number of anilines is 2. The predicted octanol–water partition coefficient (Wildman–Crippen LogP) is 4.18. The van der Waals surface area contributed by atoms with Gasteiger partial charge in [0.25, 0.3) is 0 Å². The van der Waals surface area contributed by atoms with Gasteiger partial charge in [-0.1, -0.05) is 37.3 Å². The first-order valence-electron chi connectivity index (χ1n) is 10.1. The number of carbonyl (C=O) groups is 1. The molecule has 1 saturated heterocycles. The lowest BCUT2D eigenvalue weighted by Gasteiger charge is -2.34. The van der Waals surface area contributed by atoms with Gasteiger partial charge in [-0.15, -0.1) is 0 Å². The van der Waals surface area contributed by atoms with E-state index in [2.05, 4.69) is 26.5 Å². The third kappa shape index (κ3) is 4.76. The van der Waals surface area contributed by atoms with Crippen molar-refractivity contribution in [2.24, 2.45) is 0 Å². The van der Waals surface area contributed by atoms with E-state index in [1.165, 1.54) is 23.7 Å². The number of nitrogens with one attached hydrogen (secondary N) is 1. The number of halogens is 1. The minimum atomic E-state index is -0.245. The molecule has 0 saturated carbocycles. The molecular weight excluding hydrogens is 401 g/mol. The van der Waals surface area contributed by atoms with Crippen molar-refractivity contribution in [3.63, 3.8) is 0 Å². The van der Waals surface area contributed by atoms with Crippen molar-refractivity contribution in [3.05, 3.63) is 71.3 Å². The van der Waals surface area contributed by atoms with Crippen LogP contribution in [-0.4, -0.2) is 46.5 Å². The average molecular weight is 426 g/mol. The molecule has 0 unspecified atom stereocenters. The monoisotopic (exact) mass is 425 g/mol. The highest BCUT2D eigenvalue weighted by molar-refractivity contribution is 7.09. The second-order valence-corrected chi connectivity index (χ2v) is 7.94. The maximum Gasteiger partial charge on any atom is 0.321 e. The van der Waals surface area contributed by atoms with Crippen LogP contribution in [0.5, 0.6) is 0 Å². The van der Waals surface area contributed by atoms with Crippen molar-refractivity contribution >= 4 is 28.4 Å². The Morgan fingerprint density at radius 3 is 2.57 bits per heavy atom. The molecule has 0 atom stereocenters. The Morgan fingerprint density at radius 2 is 1.83 bits per heavy atom. The summed E-state index contributed by atoms with van der Waals surface area (Å²) < 4.78 is 17.5. The van der Waals surface area contributed by atoms with Crippen LogP contribution in [0.4, 0.5) is 20.0 Å². The molecule has 1 aliphatic rings. The molecule has 0 spiro atoms. The van der Waals surface area contributed by atoms with E-state index >= 15 is 0 Å². The summed E-state index contributed by atoms with van der Waals surface area (Å²) in [5, 5.41) is 3.90. The average Bonchev–Trinajstić information content (AvgIpc) is 3.24. The molecule has 0 bridgehead atoms. The molecule has 0 aliphatic carbocycles. The van der Waals surface area contributed by atoms with Gasteiger partial charge in [0.15, 0.2) is 0 Å². The van der Waals surface area contributed by atoms with Crippen molar-refractivity contribution in [3.8, 4) is 0 Å². The molecule has 2 heterocycles. The standard InChI is InChI=1S/C22H24FN5OS/c1-2-17-5-3-4-6-19(17)24-21(29)27-11-13-28(14-12-27)22-25-20(26-30-22)15-16-7-9-18(23)10-8-16/h3-10H,2,11-15H2,1H3,(H,24,29). The molecule has 0 radical (unpaired) electrons. The van der Waals surface area contributed by atoms with Gasteiger partial charge in [-0.25, -0.2) is 14.2 Å². The van der Waals surface area contributed by atoms with E-state index in [1.54, 1.807) is 12.1 Å². The maximum absolute atomic E-state index is 13.1. The number of para-hydroxylation sites is 1. The number of nitrogens with zero attached hydrogens (tertiary/aromatic N) is 4. The Labute approximate surface area is 179 Å². The normalized spacial score (nSPS) is 14.1. The molecule has 1 aromatic heterocycles. The van der Waals surface area contributed by atoms with E-state index in [0.717, 1.165) is 34.2 Å². The van der Waals surface area contributed by atoms with Crippen LogP contribution >= 0.6 is 11.5 Å². The highest BCUT2D eigenvalue weighted by Gasteiger charge is 2.23. The number of piperazine rings is 1. The summed E-state index contributed by atoms with van der Waals surface area (Å²) in [5.74, 6) is 0.490. The third-order valence-corrected chi connectivity index (χ3v) is 6.02. The summed E-state index contributed by atoms with van der Waals surface area (Å²) in [6, 6.07) is 14.2. The summed E-state index contributed by atoms with van der Waals surface area (Å²) >= 11 is 1.37. The minimum absolute atomic E-state index is 0.0650. The van der Waals surface area contributed by atoms with E-state index < -0.39 is 0 Å². The summed E-state index contributed by atoms with van der Waals surface area (Å²) in [6.45, 7) is 4.78. The van der Waals surface area contributed by atoms with Gasteiger partial charge in [-0.2, -0.15) is 4.37 Å². The molecule has 30 heavy (non-hydrogen) atoms. The lowest BCUT2D eigenvalue weighted by molar-refractivity contribution is 0.208. The lowest BCUT2D eigenvalue weighted by atomic mass is 10.1. The first kappa shape index (κ1) is 20.3. The second kappa shape index (κ2) is 9.21. The van der Waals surface area contributed by atoms with Gasteiger partial charge < -0.3 is 15.1 Å². The molecule has 156 valence electrons. The van der Waals surface area contributed by atoms with Crippen molar-refractivity contribution in [1.29, 1.82) is 0 Å². The Morgan fingerprint density at radius 1 is 1.10 bits per heavy atom. The van der Waals surface area contributed by atoms with Crippen LogP contribution in [0.25, 0.3) is 0 Å². The van der Waals surface area contributed by atoms with Crippen LogP contribution in [0, 0.1) is 5.82 Å². The molecule has 6 nitrogen and oxygen atoms in total. The molecule has 3 aromatic rings. The molecule has 1 fully saturated rings. The Balaban J connectivity index is 1.31. The highest BCUT2D eigenvalue weighted by Crippen LogP contribution is 2.21. The smallest absolute Gasteiger partial charge is 0.321 e. The minimum Gasteiger partial charge on any atom is -0.343 e. The Kier molecular flexibility index (Phi) is 6.23. The zero-order valence-electron chi connectivity index (χ0n) is 16.8. The van der Waals surface area contributed by atoms with Crippen LogP contribution in [0.15, 0.2) is 48.5 Å². The molecule has 4 rings (SSSR count). The van der Waals surface area contributed by atoms with Crippen LogP contribution in [0.2, 0.25) is 0 Å². The van der Waals surface area contributed by atoms with Crippen molar-refractivity contribution in [2.75, 3.05) is 36.4 Å². The fraction of sp³-hybridized carbons (Fsp3) is 0.318. The number of amides is 2. The lowest BCUT2D eigenvalue weighted by Crippen LogP contribution is -2.50. The largest absolute Gasteiger partial charge is 0.343 e. The molecule has 2 aromatic carbocycles. The van der Waals surface area contributed by atoms with E-state index in [-0.39, 0.29) is 11.8 Å². The van der Waals surface area contributed by atoms with Crippen molar-refractivity contribution in [1.82, 2.24) is 14.3 Å². The number of carbonyl (C=O) groups excluding carboxylic acids is 1. The number of aryl methyl sites for hydroxylation is 1. The number of urea groups is 1. The highest BCUT2D eigenvalue weighted by atomic mass is 32.1. The Bertz CT molecular complexity index is 999. The zero-order chi connectivity index (χ0) is 20.9. The zero-order valence-corrected chi connectivity index (χ0v) is 17.7. The third-order valence-electron chi connectivity index (χ3n) is 5.21. The van der Waals surface area contributed by atoms with E-state index in [9.17, 15) is 9.18 Å². The SMILES string of the molecule is CCc1ccccc1NC(=O)N1CCN(c2nc(Cc3ccc(F)cc3)ns2)CC1. The van der Waals surface area contributed by atoms with Gasteiger partial charge in [0.05, 0.1) is 0 Å². The number of benzene rings is 2. The molecular formula is C22H24FN5OS. The van der Waals surface area contributed by atoms with Crippen LogP contribution in [0.1, 0.15) is 23.9 Å². The van der Waals surface area contributed by atoms with Gasteiger partial charge in [0.1, 0.15) is 11.6 Å². The van der Waals surface area contributed by atoms with Crippen LogP contribution in [-0.2, 0) is 12.8 Å². The van der Waals surface area contributed by atoms with Crippen LogP contribution in [0.3, 0.4) is 0 Å². The van der Waals surface area contributed by atoms with Gasteiger partial charge in [-0.05, 0) is 35.7 Å².